The number of anilines is 1. The zero-order valence-electron chi connectivity index (χ0n) is 10.8. The summed E-state index contributed by atoms with van der Waals surface area (Å²) in [5.74, 6) is -0.470. The van der Waals surface area contributed by atoms with Gasteiger partial charge in [-0.1, -0.05) is 48.5 Å². The van der Waals surface area contributed by atoms with Crippen molar-refractivity contribution in [1.29, 1.82) is 0 Å². The fourth-order valence-corrected chi connectivity index (χ4v) is 2.49. The van der Waals surface area contributed by atoms with Gasteiger partial charge in [-0.05, 0) is 6.07 Å². The minimum absolute atomic E-state index is 0.0418. The number of Topliss-reactive ketones (excluding diaryl/α,β-unsaturated/α-hetero) is 1. The van der Waals surface area contributed by atoms with E-state index in [-0.39, 0.29) is 18.1 Å². The minimum Gasteiger partial charge on any atom is -0.324 e. The summed E-state index contributed by atoms with van der Waals surface area (Å²) in [6.07, 6.45) is -0.0418. The van der Waals surface area contributed by atoms with Crippen LogP contribution in [0.5, 0.6) is 0 Å². The molecule has 3 rings (SSSR count). The number of amides is 1. The predicted molar refractivity (Wildman–Crippen MR) is 76.3 cm³/mol. The third-order valence-electron chi connectivity index (χ3n) is 3.60. The molecule has 3 N–H and O–H groups in total. The number of fused-ring (bicyclic) bond motifs is 1. The number of para-hydroxylation sites is 1. The molecule has 1 aliphatic heterocycles. The smallest absolute Gasteiger partial charge is 0.249 e. The summed E-state index contributed by atoms with van der Waals surface area (Å²) in [6, 6.07) is 16.1. The molecule has 0 aromatic heterocycles. The van der Waals surface area contributed by atoms with Crippen LogP contribution in [0.25, 0.3) is 0 Å². The molecule has 0 saturated heterocycles. The van der Waals surface area contributed by atoms with Crippen LogP contribution < -0.4 is 11.1 Å². The van der Waals surface area contributed by atoms with E-state index in [1.54, 1.807) is 36.4 Å². The second-order valence-corrected chi connectivity index (χ2v) is 4.94. The number of ketones is 1. The highest BCUT2D eigenvalue weighted by Gasteiger charge is 2.44. The van der Waals surface area contributed by atoms with Crippen molar-refractivity contribution in [2.24, 2.45) is 5.73 Å². The average molecular weight is 266 g/mol. The van der Waals surface area contributed by atoms with Crippen LogP contribution in [0, 0.1) is 0 Å². The Hall–Kier alpha value is -2.46. The third-order valence-corrected chi connectivity index (χ3v) is 3.60. The maximum absolute atomic E-state index is 12.3. The molecule has 0 fully saturated rings. The lowest BCUT2D eigenvalue weighted by molar-refractivity contribution is -0.120. The number of carbonyl (C=O) groups excluding carboxylic acids is 2. The minimum atomic E-state index is -1.29. The first-order chi connectivity index (χ1) is 9.61. The zero-order chi connectivity index (χ0) is 14.2. The maximum atomic E-state index is 12.3. The number of benzene rings is 2. The van der Waals surface area contributed by atoms with Gasteiger partial charge in [-0.25, -0.2) is 0 Å². The van der Waals surface area contributed by atoms with Gasteiger partial charge in [-0.3, -0.25) is 9.59 Å². The van der Waals surface area contributed by atoms with Crippen molar-refractivity contribution in [3.63, 3.8) is 0 Å². The SMILES string of the molecule is N[C@]1(CC(=O)c2ccccc2)C(=O)Nc2ccccc21. The first-order valence-electron chi connectivity index (χ1n) is 6.39. The van der Waals surface area contributed by atoms with Gasteiger partial charge in [-0.15, -0.1) is 0 Å². The van der Waals surface area contributed by atoms with Crippen LogP contribution >= 0.6 is 0 Å². The molecule has 1 amide bonds. The largest absolute Gasteiger partial charge is 0.324 e. The van der Waals surface area contributed by atoms with Crippen molar-refractivity contribution >= 4 is 17.4 Å². The number of hydrogen-bond acceptors (Lipinski definition) is 3. The number of nitrogens with one attached hydrogen (secondary N) is 1. The summed E-state index contributed by atoms with van der Waals surface area (Å²) in [5.41, 5.74) is 6.85. The standard InChI is InChI=1S/C16H14N2O2/c17-16(10-14(19)11-6-2-1-3-7-11)12-8-4-5-9-13(12)18-15(16)20/h1-9H,10,17H2,(H,18,20)/t16-/m0/s1. The summed E-state index contributed by atoms with van der Waals surface area (Å²) >= 11 is 0. The Bertz CT molecular complexity index is 682. The fraction of sp³-hybridized carbons (Fsp3) is 0.125. The molecule has 1 atom stereocenters. The number of hydrogen-bond donors (Lipinski definition) is 2. The van der Waals surface area contributed by atoms with Gasteiger partial charge in [0, 0.05) is 23.2 Å². The van der Waals surface area contributed by atoms with Gasteiger partial charge in [0.25, 0.3) is 0 Å². The lowest BCUT2D eigenvalue weighted by Crippen LogP contribution is -2.45. The molecule has 0 spiro atoms. The molecule has 0 bridgehead atoms. The molecule has 0 unspecified atom stereocenters. The second kappa shape index (κ2) is 4.58. The van der Waals surface area contributed by atoms with Crippen LogP contribution in [-0.2, 0) is 10.3 Å². The Labute approximate surface area is 116 Å². The van der Waals surface area contributed by atoms with Gasteiger partial charge >= 0.3 is 0 Å². The van der Waals surface area contributed by atoms with E-state index in [9.17, 15) is 9.59 Å². The molecule has 4 heteroatoms. The van der Waals surface area contributed by atoms with Gasteiger partial charge in [0.05, 0.1) is 0 Å². The highest BCUT2D eigenvalue weighted by Crippen LogP contribution is 2.36. The van der Waals surface area contributed by atoms with E-state index in [1.165, 1.54) is 0 Å². The number of rotatable bonds is 3. The van der Waals surface area contributed by atoms with Crippen molar-refractivity contribution in [1.82, 2.24) is 0 Å². The Kier molecular flexibility index (Phi) is 2.88. The molecule has 0 saturated carbocycles. The molecule has 1 heterocycles. The monoisotopic (exact) mass is 266 g/mol. The lowest BCUT2D eigenvalue weighted by Gasteiger charge is -2.21. The summed E-state index contributed by atoms with van der Waals surface area (Å²) < 4.78 is 0. The van der Waals surface area contributed by atoms with Gasteiger partial charge in [0.15, 0.2) is 5.78 Å². The first-order valence-corrected chi connectivity index (χ1v) is 6.39. The molecule has 2 aromatic rings. The summed E-state index contributed by atoms with van der Waals surface area (Å²) in [6.45, 7) is 0. The molecule has 1 aliphatic rings. The van der Waals surface area contributed by atoms with Gasteiger partial charge in [0.2, 0.25) is 5.91 Å². The van der Waals surface area contributed by atoms with Crippen LogP contribution in [0.4, 0.5) is 5.69 Å². The number of nitrogens with two attached hydrogens (primary N) is 1. The van der Waals surface area contributed by atoms with E-state index in [0.29, 0.717) is 16.8 Å². The molecule has 20 heavy (non-hydrogen) atoms. The van der Waals surface area contributed by atoms with Crippen LogP contribution in [0.3, 0.4) is 0 Å². The Morgan fingerprint density at radius 1 is 1.05 bits per heavy atom. The van der Waals surface area contributed by atoms with E-state index in [1.807, 2.05) is 18.2 Å². The van der Waals surface area contributed by atoms with Crippen molar-refractivity contribution in [2.45, 2.75) is 12.0 Å². The van der Waals surface area contributed by atoms with Crippen molar-refractivity contribution in [3.8, 4) is 0 Å². The Morgan fingerprint density at radius 3 is 2.45 bits per heavy atom. The van der Waals surface area contributed by atoms with E-state index >= 15 is 0 Å². The normalized spacial score (nSPS) is 20.4. The summed E-state index contributed by atoms with van der Waals surface area (Å²) in [4.78, 5) is 24.4. The van der Waals surface area contributed by atoms with Crippen LogP contribution in [-0.4, -0.2) is 11.7 Å². The van der Waals surface area contributed by atoms with Crippen molar-refractivity contribution in [3.05, 3.63) is 65.7 Å². The zero-order valence-corrected chi connectivity index (χ0v) is 10.8. The molecular formula is C16H14N2O2. The lowest BCUT2D eigenvalue weighted by atomic mass is 9.86. The van der Waals surface area contributed by atoms with E-state index < -0.39 is 5.54 Å². The Morgan fingerprint density at radius 2 is 1.70 bits per heavy atom. The molecule has 2 aromatic carbocycles. The van der Waals surface area contributed by atoms with Gasteiger partial charge < -0.3 is 11.1 Å². The van der Waals surface area contributed by atoms with Gasteiger partial charge in [-0.2, -0.15) is 0 Å². The highest BCUT2D eigenvalue weighted by atomic mass is 16.2. The predicted octanol–water partition coefficient (Wildman–Crippen LogP) is 2.07. The fourth-order valence-electron chi connectivity index (χ4n) is 2.49. The molecule has 0 aliphatic carbocycles. The molecular weight excluding hydrogens is 252 g/mol. The average Bonchev–Trinajstić information content (AvgIpc) is 2.72. The van der Waals surface area contributed by atoms with Gasteiger partial charge in [0.1, 0.15) is 5.54 Å². The first kappa shape index (κ1) is 12.6. The maximum Gasteiger partial charge on any atom is 0.249 e. The van der Waals surface area contributed by atoms with Crippen LogP contribution in [0.2, 0.25) is 0 Å². The highest BCUT2D eigenvalue weighted by molar-refractivity contribution is 6.10. The van der Waals surface area contributed by atoms with E-state index in [4.69, 9.17) is 5.73 Å². The van der Waals surface area contributed by atoms with Crippen molar-refractivity contribution < 1.29 is 9.59 Å². The summed E-state index contributed by atoms with van der Waals surface area (Å²) in [5, 5.41) is 2.73. The van der Waals surface area contributed by atoms with Crippen LogP contribution in [0.15, 0.2) is 54.6 Å². The van der Waals surface area contributed by atoms with Crippen LogP contribution in [0.1, 0.15) is 22.3 Å². The Balaban J connectivity index is 1.94. The van der Waals surface area contributed by atoms with E-state index in [0.717, 1.165) is 0 Å². The van der Waals surface area contributed by atoms with E-state index in [2.05, 4.69) is 5.32 Å². The van der Waals surface area contributed by atoms with Crippen molar-refractivity contribution in [2.75, 3.05) is 5.32 Å². The topological polar surface area (TPSA) is 72.2 Å². The number of carbonyl (C=O) groups is 2. The molecule has 0 radical (unpaired) electrons. The second-order valence-electron chi connectivity index (χ2n) is 4.94. The molecule has 4 nitrogen and oxygen atoms in total. The summed E-state index contributed by atoms with van der Waals surface area (Å²) in [7, 11) is 0. The third kappa shape index (κ3) is 1.90. The quantitative estimate of drug-likeness (QED) is 0.835. The molecule has 100 valence electrons.